The second kappa shape index (κ2) is 9.21. The van der Waals surface area contributed by atoms with E-state index < -0.39 is 22.0 Å². The molecule has 2 N–H and O–H groups in total. The van der Waals surface area contributed by atoms with Gasteiger partial charge < -0.3 is 10.1 Å². The van der Waals surface area contributed by atoms with Crippen molar-refractivity contribution in [3.63, 3.8) is 0 Å². The molecule has 0 heterocycles. The van der Waals surface area contributed by atoms with Crippen molar-refractivity contribution in [1.29, 1.82) is 0 Å². The molecular weight excluding hydrogens is 388 g/mol. The number of amides is 1. The number of hydrogen-bond acceptors (Lipinski definition) is 4. The first-order valence-corrected chi connectivity index (χ1v) is 10.4. The van der Waals surface area contributed by atoms with Crippen LogP contribution in [0.2, 0.25) is 5.02 Å². The first-order valence-electron chi connectivity index (χ1n) is 8.54. The van der Waals surface area contributed by atoms with Crippen molar-refractivity contribution in [2.75, 3.05) is 11.9 Å². The fraction of sp³-hybridized carbons (Fsp3) is 0.316. The normalized spacial score (nSPS) is 12.6. The number of carbonyl (C=O) groups excluding carboxylic acids is 1. The topological polar surface area (TPSA) is 84.5 Å². The van der Waals surface area contributed by atoms with Gasteiger partial charge in [0.05, 0.1) is 11.5 Å². The fourth-order valence-electron chi connectivity index (χ4n) is 2.36. The highest BCUT2D eigenvalue weighted by Gasteiger charge is 2.28. The standard InChI is InChI=1S/C19H23ClN2O4S/c1-4-26-16-9-7-15(8-10-16)21-19(23)18(13(2)3)22-27(24,25)17-11-5-14(20)6-12-17/h5-13,18,22H,4H2,1-3H3,(H,21,23)/t18-/m0/s1. The molecule has 0 aliphatic rings. The molecule has 0 saturated heterocycles. The average molecular weight is 411 g/mol. The van der Waals surface area contributed by atoms with E-state index in [1.165, 1.54) is 24.3 Å². The number of carbonyl (C=O) groups is 1. The van der Waals surface area contributed by atoms with Crippen LogP contribution >= 0.6 is 11.6 Å². The molecular formula is C19H23ClN2O4S. The summed E-state index contributed by atoms with van der Waals surface area (Å²) in [6.45, 7) is 5.98. The average Bonchev–Trinajstić information content (AvgIpc) is 2.61. The van der Waals surface area contributed by atoms with E-state index in [2.05, 4.69) is 10.0 Å². The van der Waals surface area contributed by atoms with E-state index in [1.54, 1.807) is 38.1 Å². The van der Waals surface area contributed by atoms with Crippen molar-refractivity contribution in [2.45, 2.75) is 31.7 Å². The van der Waals surface area contributed by atoms with Crippen LogP contribution in [0.1, 0.15) is 20.8 Å². The molecule has 0 aromatic heterocycles. The second-order valence-corrected chi connectivity index (χ2v) is 8.39. The SMILES string of the molecule is CCOc1ccc(NC(=O)[C@@H](NS(=O)(=O)c2ccc(Cl)cc2)C(C)C)cc1. The predicted octanol–water partition coefficient (Wildman–Crippen LogP) is 3.68. The molecule has 1 atom stereocenters. The summed E-state index contributed by atoms with van der Waals surface area (Å²) in [6, 6.07) is 11.7. The molecule has 0 unspecified atom stereocenters. The number of halogens is 1. The number of anilines is 1. The van der Waals surface area contributed by atoms with Gasteiger partial charge in [-0.1, -0.05) is 25.4 Å². The molecule has 0 bridgehead atoms. The summed E-state index contributed by atoms with van der Waals surface area (Å²) in [5.41, 5.74) is 0.555. The van der Waals surface area contributed by atoms with Crippen LogP contribution in [0.5, 0.6) is 5.75 Å². The summed E-state index contributed by atoms with van der Waals surface area (Å²) in [4.78, 5) is 12.7. The monoisotopic (exact) mass is 410 g/mol. The number of rotatable bonds is 8. The summed E-state index contributed by atoms with van der Waals surface area (Å²) < 4.78 is 33.0. The Balaban J connectivity index is 2.13. The maximum absolute atomic E-state index is 12.6. The molecule has 27 heavy (non-hydrogen) atoms. The number of sulfonamides is 1. The Kier molecular flexibility index (Phi) is 7.24. The molecule has 1 amide bonds. The van der Waals surface area contributed by atoms with E-state index in [0.29, 0.717) is 23.1 Å². The van der Waals surface area contributed by atoms with Crippen LogP contribution < -0.4 is 14.8 Å². The molecule has 0 spiro atoms. The maximum atomic E-state index is 12.6. The fourth-order valence-corrected chi connectivity index (χ4v) is 3.83. The molecule has 0 radical (unpaired) electrons. The Labute approximate surface area is 164 Å². The minimum atomic E-state index is -3.86. The van der Waals surface area contributed by atoms with Crippen LogP contribution in [-0.4, -0.2) is 27.0 Å². The van der Waals surface area contributed by atoms with Crippen molar-refractivity contribution < 1.29 is 17.9 Å². The lowest BCUT2D eigenvalue weighted by molar-refractivity contribution is -0.118. The molecule has 8 heteroatoms. The van der Waals surface area contributed by atoms with Crippen molar-refractivity contribution in [3.05, 3.63) is 53.6 Å². The third-order valence-electron chi connectivity index (χ3n) is 3.79. The van der Waals surface area contributed by atoms with E-state index in [4.69, 9.17) is 16.3 Å². The van der Waals surface area contributed by atoms with Gasteiger partial charge in [0.2, 0.25) is 15.9 Å². The smallest absolute Gasteiger partial charge is 0.242 e. The van der Waals surface area contributed by atoms with Crippen molar-refractivity contribution in [1.82, 2.24) is 4.72 Å². The van der Waals surface area contributed by atoms with Gasteiger partial charge in [-0.3, -0.25) is 4.79 Å². The minimum absolute atomic E-state index is 0.0476. The third kappa shape index (κ3) is 5.95. The van der Waals surface area contributed by atoms with E-state index in [-0.39, 0.29) is 10.8 Å². The number of nitrogens with one attached hydrogen (secondary N) is 2. The van der Waals surface area contributed by atoms with Gasteiger partial charge in [-0.25, -0.2) is 8.42 Å². The molecule has 6 nitrogen and oxygen atoms in total. The Hall–Kier alpha value is -2.09. The van der Waals surface area contributed by atoms with Gasteiger partial charge >= 0.3 is 0 Å². The highest BCUT2D eigenvalue weighted by molar-refractivity contribution is 7.89. The predicted molar refractivity (Wildman–Crippen MR) is 107 cm³/mol. The zero-order chi connectivity index (χ0) is 20.0. The highest BCUT2D eigenvalue weighted by Crippen LogP contribution is 2.18. The minimum Gasteiger partial charge on any atom is -0.494 e. The summed E-state index contributed by atoms with van der Waals surface area (Å²) in [5, 5.41) is 3.17. The van der Waals surface area contributed by atoms with Crippen LogP contribution in [-0.2, 0) is 14.8 Å². The summed E-state index contributed by atoms with van der Waals surface area (Å²) in [5.74, 6) is 0.000760. The lowest BCUT2D eigenvalue weighted by Crippen LogP contribution is -2.47. The lowest BCUT2D eigenvalue weighted by atomic mass is 10.0. The molecule has 146 valence electrons. The summed E-state index contributed by atoms with van der Waals surface area (Å²) in [6.07, 6.45) is 0. The zero-order valence-corrected chi connectivity index (χ0v) is 17.0. The Morgan fingerprint density at radius 1 is 1.07 bits per heavy atom. The molecule has 2 aromatic carbocycles. The number of benzene rings is 2. The van der Waals surface area contributed by atoms with E-state index >= 15 is 0 Å². The van der Waals surface area contributed by atoms with Crippen LogP contribution in [0, 0.1) is 5.92 Å². The van der Waals surface area contributed by atoms with Gasteiger partial charge in [-0.05, 0) is 61.4 Å². The second-order valence-electron chi connectivity index (χ2n) is 6.24. The molecule has 0 aliphatic heterocycles. The Morgan fingerprint density at radius 3 is 2.19 bits per heavy atom. The van der Waals surface area contributed by atoms with Crippen molar-refractivity contribution in [2.24, 2.45) is 5.92 Å². The number of hydrogen-bond donors (Lipinski definition) is 2. The molecule has 0 fully saturated rings. The largest absolute Gasteiger partial charge is 0.494 e. The zero-order valence-electron chi connectivity index (χ0n) is 15.4. The summed E-state index contributed by atoms with van der Waals surface area (Å²) >= 11 is 5.80. The summed E-state index contributed by atoms with van der Waals surface area (Å²) in [7, 11) is -3.86. The van der Waals surface area contributed by atoms with Crippen LogP contribution in [0.4, 0.5) is 5.69 Å². The van der Waals surface area contributed by atoms with Gasteiger partial charge in [0.15, 0.2) is 0 Å². The Morgan fingerprint density at radius 2 is 1.67 bits per heavy atom. The molecule has 0 aliphatic carbocycles. The van der Waals surface area contributed by atoms with Gasteiger partial charge in [0, 0.05) is 10.7 Å². The highest BCUT2D eigenvalue weighted by atomic mass is 35.5. The van der Waals surface area contributed by atoms with Gasteiger partial charge in [-0.2, -0.15) is 4.72 Å². The lowest BCUT2D eigenvalue weighted by Gasteiger charge is -2.21. The van der Waals surface area contributed by atoms with Gasteiger partial charge in [0.25, 0.3) is 0 Å². The quantitative estimate of drug-likeness (QED) is 0.695. The first kappa shape index (κ1) is 21.2. The molecule has 2 rings (SSSR count). The number of ether oxygens (including phenoxy) is 1. The molecule has 0 saturated carbocycles. The van der Waals surface area contributed by atoms with Crippen LogP contribution in [0.15, 0.2) is 53.4 Å². The van der Waals surface area contributed by atoms with Gasteiger partial charge in [0.1, 0.15) is 11.8 Å². The van der Waals surface area contributed by atoms with Crippen LogP contribution in [0.3, 0.4) is 0 Å². The van der Waals surface area contributed by atoms with Crippen molar-refractivity contribution in [3.8, 4) is 5.75 Å². The first-order chi connectivity index (χ1) is 12.7. The molecule has 2 aromatic rings. The maximum Gasteiger partial charge on any atom is 0.242 e. The van der Waals surface area contributed by atoms with E-state index in [9.17, 15) is 13.2 Å². The Bertz CT molecular complexity index is 866. The van der Waals surface area contributed by atoms with E-state index in [0.717, 1.165) is 0 Å². The van der Waals surface area contributed by atoms with Crippen LogP contribution in [0.25, 0.3) is 0 Å². The van der Waals surface area contributed by atoms with E-state index in [1.807, 2.05) is 6.92 Å². The van der Waals surface area contributed by atoms with Crippen molar-refractivity contribution >= 4 is 33.2 Å². The third-order valence-corrected chi connectivity index (χ3v) is 5.50. The van der Waals surface area contributed by atoms with Gasteiger partial charge in [-0.15, -0.1) is 0 Å².